The number of nitrogens with zero attached hydrogens (tertiary/aromatic N) is 2. The van der Waals surface area contributed by atoms with Crippen LogP contribution in [0.1, 0.15) is 13.3 Å². The molecule has 2 N–H and O–H groups in total. The average molecular weight is 303 g/mol. The summed E-state index contributed by atoms with van der Waals surface area (Å²) < 4.78 is 52.1. The monoisotopic (exact) mass is 303 g/mol. The molecule has 0 saturated heterocycles. The van der Waals surface area contributed by atoms with E-state index in [1.54, 1.807) is 0 Å². The van der Waals surface area contributed by atoms with Crippen LogP contribution in [0.5, 0.6) is 0 Å². The van der Waals surface area contributed by atoms with Crippen LogP contribution in [-0.4, -0.2) is 37.0 Å². The van der Waals surface area contributed by atoms with Gasteiger partial charge >= 0.3 is 0 Å². The molecule has 0 unspecified atom stereocenters. The summed E-state index contributed by atoms with van der Waals surface area (Å²) in [6, 6.07) is 0. The van der Waals surface area contributed by atoms with Crippen LogP contribution in [-0.2, 0) is 10.0 Å². The van der Waals surface area contributed by atoms with Crippen molar-refractivity contribution in [3.05, 3.63) is 35.5 Å². The molecule has 0 amide bonds. The number of guanidine groups is 1. The smallest absolute Gasteiger partial charge is 0.239 e. The van der Waals surface area contributed by atoms with Crippen molar-refractivity contribution in [2.45, 2.75) is 18.9 Å². The zero-order chi connectivity index (χ0) is 15.1. The van der Waals surface area contributed by atoms with Crippen LogP contribution in [0.2, 0.25) is 0 Å². The summed E-state index contributed by atoms with van der Waals surface area (Å²) in [6.45, 7) is 1.48. The first kappa shape index (κ1) is 14.7. The predicted molar refractivity (Wildman–Crippen MR) is 72.7 cm³/mol. The third-order valence-electron chi connectivity index (χ3n) is 3.37. The molecule has 0 bridgehead atoms. The van der Waals surface area contributed by atoms with E-state index >= 15 is 0 Å². The number of nitrogens with two attached hydrogens (primary N) is 1. The van der Waals surface area contributed by atoms with Crippen molar-refractivity contribution in [2.24, 2.45) is 10.7 Å². The molecule has 0 aromatic carbocycles. The third-order valence-corrected chi connectivity index (χ3v) is 5.32. The number of allylic oxidation sites excluding steroid dienone is 5. The second-order valence-electron chi connectivity index (χ2n) is 4.93. The minimum Gasteiger partial charge on any atom is -0.369 e. The van der Waals surface area contributed by atoms with Gasteiger partial charge in [-0.3, -0.25) is 0 Å². The van der Waals surface area contributed by atoms with E-state index in [0.29, 0.717) is 0 Å². The summed E-state index contributed by atoms with van der Waals surface area (Å²) >= 11 is 0. The highest BCUT2D eigenvalue weighted by atomic mass is 32.2. The Labute approximate surface area is 116 Å². The van der Waals surface area contributed by atoms with Crippen molar-refractivity contribution < 1.29 is 17.2 Å². The Morgan fingerprint density at radius 2 is 2.10 bits per heavy atom. The average Bonchev–Trinajstić information content (AvgIpc) is 2.46. The van der Waals surface area contributed by atoms with E-state index in [9.17, 15) is 17.2 Å². The fourth-order valence-corrected chi connectivity index (χ4v) is 3.69. The van der Waals surface area contributed by atoms with Gasteiger partial charge in [0.05, 0.1) is 5.75 Å². The number of aliphatic imine (C=N–C) groups is 1. The minimum absolute atomic E-state index is 0.0717. The lowest BCUT2D eigenvalue weighted by Gasteiger charge is -2.35. The van der Waals surface area contributed by atoms with Crippen molar-refractivity contribution >= 4 is 16.0 Å². The van der Waals surface area contributed by atoms with Gasteiger partial charge in [0.25, 0.3) is 0 Å². The molecule has 0 aromatic rings. The summed E-state index contributed by atoms with van der Waals surface area (Å²) in [5.41, 5.74) is 4.35. The zero-order valence-corrected chi connectivity index (χ0v) is 11.9. The lowest BCUT2D eigenvalue weighted by molar-refractivity contribution is 0.486. The topological polar surface area (TPSA) is 75.8 Å². The van der Waals surface area contributed by atoms with Gasteiger partial charge in [-0.05, 0) is 25.0 Å². The van der Waals surface area contributed by atoms with Gasteiger partial charge in [-0.15, -0.1) is 0 Å². The van der Waals surface area contributed by atoms with E-state index in [0.717, 1.165) is 16.5 Å². The summed E-state index contributed by atoms with van der Waals surface area (Å²) in [5.74, 6) is -2.17. The number of hydrogen-bond donors (Lipinski definition) is 1. The van der Waals surface area contributed by atoms with Crippen LogP contribution in [0, 0.1) is 0 Å². The molecule has 0 saturated carbocycles. The van der Waals surface area contributed by atoms with Crippen molar-refractivity contribution in [2.75, 3.05) is 12.8 Å². The highest BCUT2D eigenvalue weighted by Crippen LogP contribution is 2.35. The predicted octanol–water partition coefficient (Wildman–Crippen LogP) is 1.37. The second-order valence-corrected chi connectivity index (χ2v) is 6.93. The van der Waals surface area contributed by atoms with E-state index in [1.165, 1.54) is 20.0 Å². The molecular weight excluding hydrogens is 288 g/mol. The Morgan fingerprint density at radius 3 is 2.70 bits per heavy atom. The summed E-state index contributed by atoms with van der Waals surface area (Å²) in [4.78, 5) is 4.09. The maximum absolute atomic E-state index is 14.1. The van der Waals surface area contributed by atoms with E-state index < -0.39 is 33.0 Å². The summed E-state index contributed by atoms with van der Waals surface area (Å²) in [5, 5.41) is 0. The van der Waals surface area contributed by atoms with Crippen LogP contribution in [0.3, 0.4) is 0 Å². The minimum atomic E-state index is -3.68. The lowest BCUT2D eigenvalue weighted by atomic mass is 9.91. The quantitative estimate of drug-likeness (QED) is 0.795. The number of halogens is 2. The largest absolute Gasteiger partial charge is 0.369 e. The van der Waals surface area contributed by atoms with Gasteiger partial charge in [0, 0.05) is 13.1 Å². The normalized spacial score (nSPS) is 29.9. The summed E-state index contributed by atoms with van der Waals surface area (Å²) in [6.07, 6.45) is 3.35. The molecule has 8 heteroatoms. The molecule has 0 spiro atoms. The number of hydrogen-bond acceptors (Lipinski definition) is 4. The zero-order valence-electron chi connectivity index (χ0n) is 11.1. The van der Waals surface area contributed by atoms with Gasteiger partial charge in [-0.1, -0.05) is 6.08 Å². The molecule has 1 aliphatic carbocycles. The molecule has 0 fully saturated rings. The maximum atomic E-state index is 14.1. The number of sulfonamides is 1. The molecule has 1 heterocycles. The van der Waals surface area contributed by atoms with Crippen molar-refractivity contribution in [1.29, 1.82) is 0 Å². The van der Waals surface area contributed by atoms with E-state index in [4.69, 9.17) is 5.73 Å². The van der Waals surface area contributed by atoms with Crippen molar-refractivity contribution in [1.82, 2.24) is 4.31 Å². The molecule has 1 atom stereocenters. The standard InChI is InChI=1S/C12H15F2N3O2S/c1-12(7-20(18,19)17(2)11(15)16-12)9-5-3-4-8(13)6-10(9)14/h3-4,6H,5,7H2,1-2H3,(H2,15,16)/t12-/m0/s1. The van der Waals surface area contributed by atoms with Crippen LogP contribution < -0.4 is 5.73 Å². The fraction of sp³-hybridized carbons (Fsp3) is 0.417. The first-order valence-corrected chi connectivity index (χ1v) is 7.51. The molecule has 110 valence electrons. The van der Waals surface area contributed by atoms with Gasteiger partial charge in [-0.2, -0.15) is 0 Å². The van der Waals surface area contributed by atoms with E-state index in [1.807, 2.05) is 0 Å². The van der Waals surface area contributed by atoms with Crippen LogP contribution >= 0.6 is 0 Å². The summed E-state index contributed by atoms with van der Waals surface area (Å²) in [7, 11) is -2.40. The van der Waals surface area contributed by atoms with Crippen molar-refractivity contribution in [3.63, 3.8) is 0 Å². The van der Waals surface area contributed by atoms with Gasteiger partial charge in [0.1, 0.15) is 17.2 Å². The van der Waals surface area contributed by atoms with Gasteiger partial charge < -0.3 is 5.73 Å². The molecule has 5 nitrogen and oxygen atoms in total. The first-order valence-electron chi connectivity index (χ1n) is 5.90. The third kappa shape index (κ3) is 2.47. The Morgan fingerprint density at radius 1 is 1.45 bits per heavy atom. The Hall–Kier alpha value is -1.70. The van der Waals surface area contributed by atoms with E-state index in [-0.39, 0.29) is 18.0 Å². The maximum Gasteiger partial charge on any atom is 0.239 e. The van der Waals surface area contributed by atoms with Crippen molar-refractivity contribution in [3.8, 4) is 0 Å². The van der Waals surface area contributed by atoms with E-state index in [2.05, 4.69) is 4.99 Å². The Bertz CT molecular complexity index is 664. The SMILES string of the molecule is CN1C(N)=N[C@](C)(C2=C(F)C=C(F)C=CC2)CS1(=O)=O. The fourth-order valence-electron chi connectivity index (χ4n) is 2.22. The molecule has 2 aliphatic rings. The highest BCUT2D eigenvalue weighted by Gasteiger charge is 2.42. The molecular formula is C12H15F2N3O2S. The van der Waals surface area contributed by atoms with Crippen LogP contribution in [0.15, 0.2) is 40.4 Å². The number of rotatable bonds is 1. The molecule has 2 rings (SSSR count). The highest BCUT2D eigenvalue weighted by molar-refractivity contribution is 7.89. The first-order chi connectivity index (χ1) is 9.16. The van der Waals surface area contributed by atoms with Gasteiger partial charge in [0.15, 0.2) is 0 Å². The second kappa shape index (κ2) is 4.69. The molecule has 20 heavy (non-hydrogen) atoms. The Kier molecular flexibility index (Phi) is 3.45. The molecule has 1 aliphatic heterocycles. The van der Waals surface area contributed by atoms with Gasteiger partial charge in [-0.25, -0.2) is 26.5 Å². The van der Waals surface area contributed by atoms with Crippen LogP contribution in [0.4, 0.5) is 8.78 Å². The molecule has 0 radical (unpaired) electrons. The van der Waals surface area contributed by atoms with Crippen LogP contribution in [0.25, 0.3) is 0 Å². The van der Waals surface area contributed by atoms with Gasteiger partial charge in [0.2, 0.25) is 16.0 Å². The molecule has 0 aromatic heterocycles. The lowest BCUT2D eigenvalue weighted by Crippen LogP contribution is -2.52. The Balaban J connectivity index is 2.57.